The Morgan fingerprint density at radius 2 is 1.57 bits per heavy atom. The third kappa shape index (κ3) is 6.13. The van der Waals surface area contributed by atoms with Crippen molar-refractivity contribution < 1.29 is 22.7 Å². The quantitative estimate of drug-likeness (QED) is 0.618. The molecule has 164 valence electrons. The first-order valence-corrected chi connectivity index (χ1v) is 11.7. The number of hydrogen-bond acceptors (Lipinski definition) is 5. The van der Waals surface area contributed by atoms with Gasteiger partial charge in [-0.2, -0.15) is 0 Å². The topological polar surface area (TPSA) is 84.9 Å². The van der Waals surface area contributed by atoms with Crippen molar-refractivity contribution >= 4 is 21.6 Å². The first-order chi connectivity index (χ1) is 14.2. The Morgan fingerprint density at radius 1 is 1.00 bits per heavy atom. The molecule has 2 rings (SSSR count). The molecule has 0 bridgehead atoms. The van der Waals surface area contributed by atoms with Crippen LogP contribution >= 0.6 is 0 Å². The summed E-state index contributed by atoms with van der Waals surface area (Å²) in [6, 6.07) is 14.1. The Hall–Kier alpha value is -2.74. The highest BCUT2D eigenvalue weighted by Crippen LogP contribution is 2.23. The molecule has 7 nitrogen and oxygen atoms in total. The summed E-state index contributed by atoms with van der Waals surface area (Å²) in [6.07, 6.45) is 1.72. The van der Waals surface area contributed by atoms with Gasteiger partial charge >= 0.3 is 0 Å². The van der Waals surface area contributed by atoms with Crippen LogP contribution in [-0.2, 0) is 14.8 Å². The highest BCUT2D eigenvalue weighted by molar-refractivity contribution is 7.92. The van der Waals surface area contributed by atoms with Gasteiger partial charge in [0, 0.05) is 7.05 Å². The molecule has 8 heteroatoms. The van der Waals surface area contributed by atoms with Crippen LogP contribution in [-0.4, -0.2) is 40.8 Å². The van der Waals surface area contributed by atoms with Gasteiger partial charge in [-0.3, -0.25) is 9.10 Å². The van der Waals surface area contributed by atoms with Crippen LogP contribution in [0.15, 0.2) is 48.5 Å². The van der Waals surface area contributed by atoms with E-state index in [9.17, 15) is 13.2 Å². The molecule has 0 heterocycles. The molecule has 0 aliphatic heterocycles. The maximum absolute atomic E-state index is 12.8. The largest absolute Gasteiger partial charge is 0.497 e. The van der Waals surface area contributed by atoms with Crippen LogP contribution in [0.5, 0.6) is 11.5 Å². The lowest BCUT2D eigenvalue weighted by atomic mass is 10.0. The summed E-state index contributed by atoms with van der Waals surface area (Å²) in [6.45, 7) is 3.89. The van der Waals surface area contributed by atoms with E-state index in [2.05, 4.69) is 5.32 Å². The molecular formula is C22H30N2O5S. The van der Waals surface area contributed by atoms with E-state index in [1.165, 1.54) is 11.4 Å². The Bertz CT molecular complexity index is 927. The number of carbonyl (C=O) groups is 1. The lowest BCUT2D eigenvalue weighted by molar-refractivity contribution is -0.128. The minimum atomic E-state index is -3.34. The number of rotatable bonds is 10. The van der Waals surface area contributed by atoms with Crippen molar-refractivity contribution in [2.45, 2.75) is 38.8 Å². The fourth-order valence-electron chi connectivity index (χ4n) is 2.93. The van der Waals surface area contributed by atoms with Gasteiger partial charge < -0.3 is 14.8 Å². The number of anilines is 1. The van der Waals surface area contributed by atoms with Crippen LogP contribution in [0.3, 0.4) is 0 Å². The number of sulfonamides is 1. The molecule has 0 unspecified atom stereocenters. The molecular weight excluding hydrogens is 404 g/mol. The number of hydrogen-bond donors (Lipinski definition) is 1. The summed E-state index contributed by atoms with van der Waals surface area (Å²) in [4.78, 5) is 12.8. The standard InChI is InChI=1S/C22H30N2O5S/c1-6-20(16-8-12-18(28-4)13-9-16)23-22(25)21(7-2)29-19-14-10-17(11-15-19)24(3)30(5,26)27/h8-15,20-21H,6-7H2,1-5H3,(H,23,25)/t20-,21+/m1/s1. The van der Waals surface area contributed by atoms with Gasteiger partial charge in [0.05, 0.1) is 25.1 Å². The third-order valence-electron chi connectivity index (χ3n) is 4.88. The van der Waals surface area contributed by atoms with E-state index in [1.54, 1.807) is 31.4 Å². The van der Waals surface area contributed by atoms with Gasteiger partial charge in [-0.05, 0) is 54.8 Å². The summed E-state index contributed by atoms with van der Waals surface area (Å²) in [5.74, 6) is 1.07. The second kappa shape index (κ2) is 10.3. The van der Waals surface area contributed by atoms with E-state index in [-0.39, 0.29) is 11.9 Å². The first kappa shape index (κ1) is 23.5. The van der Waals surface area contributed by atoms with Crippen LogP contribution in [0.4, 0.5) is 5.69 Å². The highest BCUT2D eigenvalue weighted by atomic mass is 32.2. The predicted octanol–water partition coefficient (Wildman–Crippen LogP) is 3.52. The zero-order valence-corrected chi connectivity index (χ0v) is 18.9. The highest BCUT2D eigenvalue weighted by Gasteiger charge is 2.22. The number of nitrogens with zero attached hydrogens (tertiary/aromatic N) is 1. The fourth-order valence-corrected chi connectivity index (χ4v) is 3.44. The summed E-state index contributed by atoms with van der Waals surface area (Å²) in [5.41, 5.74) is 1.52. The molecule has 30 heavy (non-hydrogen) atoms. The number of benzene rings is 2. The average molecular weight is 435 g/mol. The van der Waals surface area contributed by atoms with Crippen molar-refractivity contribution in [1.29, 1.82) is 0 Å². The maximum atomic E-state index is 12.8. The number of ether oxygens (including phenoxy) is 2. The predicted molar refractivity (Wildman–Crippen MR) is 119 cm³/mol. The Balaban J connectivity index is 2.06. The van der Waals surface area contributed by atoms with E-state index in [0.717, 1.165) is 24.0 Å². The normalized spacial score (nSPS) is 13.2. The van der Waals surface area contributed by atoms with Crippen LogP contribution in [0, 0.1) is 0 Å². The molecule has 1 N–H and O–H groups in total. The summed E-state index contributed by atoms with van der Waals surface area (Å²) in [7, 11) is -0.239. The molecule has 0 spiro atoms. The lowest BCUT2D eigenvalue weighted by Gasteiger charge is -2.23. The monoisotopic (exact) mass is 434 g/mol. The molecule has 2 atom stereocenters. The molecule has 0 aliphatic carbocycles. The molecule has 0 saturated heterocycles. The van der Waals surface area contributed by atoms with Gasteiger partial charge in [-0.1, -0.05) is 26.0 Å². The van der Waals surface area contributed by atoms with Crippen LogP contribution in [0.1, 0.15) is 38.3 Å². The van der Waals surface area contributed by atoms with Crippen molar-refractivity contribution in [2.75, 3.05) is 24.7 Å². The van der Waals surface area contributed by atoms with E-state index >= 15 is 0 Å². The average Bonchev–Trinajstić information content (AvgIpc) is 2.75. The molecule has 2 aromatic rings. The van der Waals surface area contributed by atoms with Gasteiger partial charge in [0.25, 0.3) is 5.91 Å². The molecule has 0 aromatic heterocycles. The summed E-state index contributed by atoms with van der Waals surface area (Å²) >= 11 is 0. The number of methoxy groups -OCH3 is 1. The minimum absolute atomic E-state index is 0.133. The van der Waals surface area contributed by atoms with Gasteiger partial charge in [0.1, 0.15) is 11.5 Å². The van der Waals surface area contributed by atoms with Gasteiger partial charge in [0.2, 0.25) is 10.0 Å². The maximum Gasteiger partial charge on any atom is 0.261 e. The Labute approximate surface area is 179 Å². The molecule has 0 fully saturated rings. The number of nitrogens with one attached hydrogen (secondary N) is 1. The van der Waals surface area contributed by atoms with Crippen molar-refractivity contribution in [3.8, 4) is 11.5 Å². The molecule has 0 radical (unpaired) electrons. The molecule has 0 aliphatic rings. The second-order valence-electron chi connectivity index (χ2n) is 6.98. The zero-order chi connectivity index (χ0) is 22.3. The SMILES string of the molecule is CC[C@H](Oc1ccc(N(C)S(C)(=O)=O)cc1)C(=O)N[C@H](CC)c1ccc(OC)cc1. The van der Waals surface area contributed by atoms with Gasteiger partial charge in [-0.15, -0.1) is 0 Å². The Kier molecular flexibility index (Phi) is 8.11. The third-order valence-corrected chi connectivity index (χ3v) is 6.09. The van der Waals surface area contributed by atoms with E-state index < -0.39 is 16.1 Å². The molecule has 1 amide bonds. The van der Waals surface area contributed by atoms with E-state index in [0.29, 0.717) is 17.9 Å². The van der Waals surface area contributed by atoms with Crippen LogP contribution in [0.25, 0.3) is 0 Å². The first-order valence-electron chi connectivity index (χ1n) is 9.84. The summed E-state index contributed by atoms with van der Waals surface area (Å²) in [5, 5.41) is 3.05. The van der Waals surface area contributed by atoms with Gasteiger partial charge in [-0.25, -0.2) is 8.42 Å². The van der Waals surface area contributed by atoms with Crippen molar-refractivity contribution in [3.05, 3.63) is 54.1 Å². The fraction of sp³-hybridized carbons (Fsp3) is 0.409. The van der Waals surface area contributed by atoms with Crippen LogP contribution in [0.2, 0.25) is 0 Å². The van der Waals surface area contributed by atoms with Crippen molar-refractivity contribution in [2.24, 2.45) is 0 Å². The number of carbonyl (C=O) groups excluding carboxylic acids is 1. The van der Waals surface area contributed by atoms with Crippen LogP contribution < -0.4 is 19.1 Å². The summed E-state index contributed by atoms with van der Waals surface area (Å²) < 4.78 is 35.5. The zero-order valence-electron chi connectivity index (χ0n) is 18.1. The van der Waals surface area contributed by atoms with E-state index in [1.807, 2.05) is 38.1 Å². The van der Waals surface area contributed by atoms with Gasteiger partial charge in [0.15, 0.2) is 6.10 Å². The Morgan fingerprint density at radius 3 is 2.03 bits per heavy atom. The lowest BCUT2D eigenvalue weighted by Crippen LogP contribution is -2.39. The van der Waals surface area contributed by atoms with Crippen molar-refractivity contribution in [3.63, 3.8) is 0 Å². The molecule has 0 saturated carbocycles. The number of amides is 1. The molecule has 2 aromatic carbocycles. The smallest absolute Gasteiger partial charge is 0.261 e. The minimum Gasteiger partial charge on any atom is -0.497 e. The van der Waals surface area contributed by atoms with E-state index in [4.69, 9.17) is 9.47 Å². The second-order valence-corrected chi connectivity index (χ2v) is 9.00. The van der Waals surface area contributed by atoms with Crippen molar-refractivity contribution in [1.82, 2.24) is 5.32 Å².